The molecule has 29 heavy (non-hydrogen) atoms. The molecule has 1 fully saturated rings. The number of ether oxygens (including phenoxy) is 2. The number of carbonyl (C=O) groups is 3. The zero-order valence-electron chi connectivity index (χ0n) is 15.0. The second-order valence-corrected chi connectivity index (χ2v) is 8.21. The number of fused-ring (bicyclic) bond motifs is 1. The summed E-state index contributed by atoms with van der Waals surface area (Å²) in [6.45, 7) is 1.39. The Balaban J connectivity index is 1.37. The van der Waals surface area contributed by atoms with E-state index in [1.165, 1.54) is 28.7 Å². The molecule has 11 heteroatoms. The van der Waals surface area contributed by atoms with Gasteiger partial charge in [-0.1, -0.05) is 0 Å². The molecule has 3 aromatic heterocycles. The second-order valence-electron chi connectivity index (χ2n) is 6.26. The molecule has 2 N–H and O–H groups in total. The predicted octanol–water partition coefficient (Wildman–Crippen LogP) is 2.91. The standard InChI is InChI=1S/C18H16N4O5S2/c23-14(22-18(25)27-9-10-2-5-26-8-10)11-3-6-28-16(11)21-15(24)17-20-12-7-19-4-1-13(12)29-17/h1,3-4,6-7,10H,2,5,8-9H2,(H,21,24)(H,22,23,25). The van der Waals surface area contributed by atoms with Gasteiger partial charge in [0.25, 0.3) is 11.8 Å². The number of thiophene rings is 1. The number of rotatable bonds is 5. The van der Waals surface area contributed by atoms with Crippen LogP contribution in [0.2, 0.25) is 0 Å². The van der Waals surface area contributed by atoms with E-state index in [-0.39, 0.29) is 23.1 Å². The molecule has 3 aromatic rings. The number of aromatic nitrogens is 2. The van der Waals surface area contributed by atoms with Crippen LogP contribution in [0.5, 0.6) is 0 Å². The van der Waals surface area contributed by atoms with Gasteiger partial charge in [0.05, 0.1) is 29.7 Å². The van der Waals surface area contributed by atoms with Crippen LogP contribution in [0.25, 0.3) is 10.2 Å². The van der Waals surface area contributed by atoms with E-state index >= 15 is 0 Å². The van der Waals surface area contributed by atoms with Crippen LogP contribution in [0.1, 0.15) is 26.6 Å². The molecule has 1 aliphatic rings. The van der Waals surface area contributed by atoms with Crippen molar-refractivity contribution in [2.45, 2.75) is 6.42 Å². The third-order valence-corrected chi connectivity index (χ3v) is 6.08. The monoisotopic (exact) mass is 432 g/mol. The Bertz CT molecular complexity index is 1020. The number of nitrogens with one attached hydrogen (secondary N) is 2. The van der Waals surface area contributed by atoms with Crippen LogP contribution in [0.4, 0.5) is 9.80 Å². The van der Waals surface area contributed by atoms with E-state index < -0.39 is 17.9 Å². The van der Waals surface area contributed by atoms with Crippen molar-refractivity contribution in [2.24, 2.45) is 5.92 Å². The number of amides is 3. The highest BCUT2D eigenvalue weighted by atomic mass is 32.1. The molecule has 9 nitrogen and oxygen atoms in total. The Hall–Kier alpha value is -2.89. The molecule has 3 amide bonds. The van der Waals surface area contributed by atoms with Gasteiger partial charge in [-0.15, -0.1) is 22.7 Å². The number of hydrogen-bond donors (Lipinski definition) is 2. The summed E-state index contributed by atoms with van der Waals surface area (Å²) >= 11 is 2.40. The van der Waals surface area contributed by atoms with Gasteiger partial charge in [-0.2, -0.15) is 0 Å². The molecule has 4 rings (SSSR count). The van der Waals surface area contributed by atoms with Gasteiger partial charge in [0.1, 0.15) is 10.5 Å². The zero-order valence-corrected chi connectivity index (χ0v) is 16.7. The van der Waals surface area contributed by atoms with Gasteiger partial charge in [-0.05, 0) is 23.9 Å². The molecule has 0 radical (unpaired) electrons. The highest BCUT2D eigenvalue weighted by molar-refractivity contribution is 7.20. The Morgan fingerprint density at radius 2 is 2.17 bits per heavy atom. The Kier molecular flexibility index (Phi) is 5.79. The molecule has 0 aliphatic carbocycles. The summed E-state index contributed by atoms with van der Waals surface area (Å²) < 4.78 is 11.1. The van der Waals surface area contributed by atoms with Crippen LogP contribution in [0.15, 0.2) is 29.9 Å². The van der Waals surface area contributed by atoms with Gasteiger partial charge in [0.15, 0.2) is 5.01 Å². The van der Waals surface area contributed by atoms with Crippen molar-refractivity contribution in [3.05, 3.63) is 40.5 Å². The van der Waals surface area contributed by atoms with Crippen molar-refractivity contribution in [1.82, 2.24) is 15.3 Å². The van der Waals surface area contributed by atoms with Crippen LogP contribution in [-0.4, -0.2) is 47.7 Å². The molecule has 0 bridgehead atoms. The lowest BCUT2D eigenvalue weighted by Gasteiger charge is -2.10. The molecule has 1 saturated heterocycles. The van der Waals surface area contributed by atoms with Crippen LogP contribution in [0, 0.1) is 5.92 Å². The van der Waals surface area contributed by atoms with Crippen molar-refractivity contribution >= 4 is 55.8 Å². The minimum Gasteiger partial charge on any atom is -0.449 e. The number of nitrogens with zero attached hydrogens (tertiary/aromatic N) is 2. The number of thiazole rings is 1. The minimum absolute atomic E-state index is 0.149. The van der Waals surface area contributed by atoms with E-state index in [1.807, 2.05) is 0 Å². The van der Waals surface area contributed by atoms with Crippen LogP contribution in [0.3, 0.4) is 0 Å². The highest BCUT2D eigenvalue weighted by Gasteiger charge is 2.22. The fourth-order valence-electron chi connectivity index (χ4n) is 2.72. The summed E-state index contributed by atoms with van der Waals surface area (Å²) in [5.74, 6) is -0.940. The maximum atomic E-state index is 12.5. The first-order valence-electron chi connectivity index (χ1n) is 8.75. The number of alkyl carbamates (subject to hydrolysis) is 1. The molecule has 1 aliphatic heterocycles. The van der Waals surface area contributed by atoms with Crippen LogP contribution < -0.4 is 10.6 Å². The largest absolute Gasteiger partial charge is 0.449 e. The topological polar surface area (TPSA) is 120 Å². The first-order valence-corrected chi connectivity index (χ1v) is 10.4. The van der Waals surface area contributed by atoms with Gasteiger partial charge in [0, 0.05) is 18.7 Å². The summed E-state index contributed by atoms with van der Waals surface area (Å²) in [6, 6.07) is 3.30. The number of hydrogen-bond acceptors (Lipinski definition) is 9. The molecule has 0 saturated carbocycles. The molecular formula is C18H16N4O5S2. The van der Waals surface area contributed by atoms with E-state index in [0.717, 1.165) is 11.1 Å². The Labute approximate surface area is 173 Å². The van der Waals surface area contributed by atoms with Crippen LogP contribution in [-0.2, 0) is 9.47 Å². The normalized spacial score (nSPS) is 15.9. The molecule has 150 valence electrons. The van der Waals surface area contributed by atoms with E-state index in [4.69, 9.17) is 9.47 Å². The Morgan fingerprint density at radius 3 is 2.97 bits per heavy atom. The maximum absolute atomic E-state index is 12.5. The van der Waals surface area contributed by atoms with Gasteiger partial charge in [0.2, 0.25) is 0 Å². The van der Waals surface area contributed by atoms with Crippen molar-refractivity contribution in [3.63, 3.8) is 0 Å². The third-order valence-electron chi connectivity index (χ3n) is 4.21. The average molecular weight is 432 g/mol. The summed E-state index contributed by atoms with van der Waals surface area (Å²) in [4.78, 5) is 45.0. The number of pyridine rings is 1. The Morgan fingerprint density at radius 1 is 1.28 bits per heavy atom. The summed E-state index contributed by atoms with van der Waals surface area (Å²) in [5, 5.41) is 7.07. The molecule has 0 spiro atoms. The summed E-state index contributed by atoms with van der Waals surface area (Å²) in [7, 11) is 0. The molecule has 4 heterocycles. The highest BCUT2D eigenvalue weighted by Crippen LogP contribution is 2.26. The van der Waals surface area contributed by atoms with E-state index in [0.29, 0.717) is 23.7 Å². The quantitative estimate of drug-likeness (QED) is 0.636. The van der Waals surface area contributed by atoms with Gasteiger partial charge in [-0.3, -0.25) is 19.9 Å². The first-order chi connectivity index (χ1) is 14.1. The maximum Gasteiger partial charge on any atom is 0.414 e. The van der Waals surface area contributed by atoms with Crippen molar-refractivity contribution in [2.75, 3.05) is 25.1 Å². The van der Waals surface area contributed by atoms with Crippen molar-refractivity contribution in [1.29, 1.82) is 0 Å². The molecule has 1 atom stereocenters. The predicted molar refractivity (Wildman–Crippen MR) is 107 cm³/mol. The lowest BCUT2D eigenvalue weighted by atomic mass is 10.1. The van der Waals surface area contributed by atoms with E-state index in [1.54, 1.807) is 23.8 Å². The zero-order chi connectivity index (χ0) is 20.2. The lowest BCUT2D eigenvalue weighted by molar-refractivity contribution is 0.0890. The smallest absolute Gasteiger partial charge is 0.414 e. The molecule has 1 unspecified atom stereocenters. The summed E-state index contributed by atoms with van der Waals surface area (Å²) in [6.07, 6.45) is 3.20. The lowest BCUT2D eigenvalue weighted by Crippen LogP contribution is -2.32. The summed E-state index contributed by atoms with van der Waals surface area (Å²) in [5.41, 5.74) is 0.800. The van der Waals surface area contributed by atoms with Gasteiger partial charge < -0.3 is 14.8 Å². The van der Waals surface area contributed by atoms with Gasteiger partial charge >= 0.3 is 6.09 Å². The van der Waals surface area contributed by atoms with Crippen LogP contribution >= 0.6 is 22.7 Å². The van der Waals surface area contributed by atoms with E-state index in [2.05, 4.69) is 20.6 Å². The first kappa shape index (κ1) is 19.4. The number of anilines is 1. The SMILES string of the molecule is O=C(NC(=O)c1ccsc1NC(=O)c1nc2cnccc2s1)OCC1CCOC1. The van der Waals surface area contributed by atoms with Crippen molar-refractivity contribution in [3.8, 4) is 0 Å². The van der Waals surface area contributed by atoms with Gasteiger partial charge in [-0.25, -0.2) is 9.78 Å². The average Bonchev–Trinajstić information content (AvgIpc) is 3.46. The minimum atomic E-state index is -0.830. The van der Waals surface area contributed by atoms with Crippen molar-refractivity contribution < 1.29 is 23.9 Å². The second kappa shape index (κ2) is 8.64. The number of imide groups is 1. The fourth-order valence-corrected chi connectivity index (χ4v) is 4.33. The molecular weight excluding hydrogens is 416 g/mol. The third kappa shape index (κ3) is 4.58. The molecule has 0 aromatic carbocycles. The van der Waals surface area contributed by atoms with E-state index in [9.17, 15) is 14.4 Å². The fraction of sp³-hybridized carbons (Fsp3) is 0.278. The number of carbonyl (C=O) groups excluding carboxylic acids is 3.